The van der Waals surface area contributed by atoms with Crippen LogP contribution < -0.4 is 5.32 Å². The predicted octanol–water partition coefficient (Wildman–Crippen LogP) is 3.27. The molecule has 0 spiro atoms. The summed E-state index contributed by atoms with van der Waals surface area (Å²) in [5.41, 5.74) is 0. The van der Waals surface area contributed by atoms with Gasteiger partial charge in [-0.3, -0.25) is 0 Å². The Balaban J connectivity index is 2.39. The summed E-state index contributed by atoms with van der Waals surface area (Å²) in [6.07, 6.45) is 5.29. The average Bonchev–Trinajstić information content (AvgIpc) is 2.23. The van der Waals surface area contributed by atoms with Gasteiger partial charge in [0.05, 0.1) is 0 Å². The standard InChI is InChI=1S/C15H32N2/c1-12(2)6-7-15(5)17-10-8-13(3)16-14(4)9-11-17/h12-16H,6-11H2,1-5H3. The molecule has 2 heteroatoms. The first-order chi connectivity index (χ1) is 7.99. The maximum Gasteiger partial charge on any atom is 0.00670 e. The molecule has 1 saturated heterocycles. The van der Waals surface area contributed by atoms with Crippen LogP contribution in [0, 0.1) is 5.92 Å². The molecule has 0 aromatic rings. The number of hydrogen-bond donors (Lipinski definition) is 1. The summed E-state index contributed by atoms with van der Waals surface area (Å²) in [5, 5.41) is 3.66. The van der Waals surface area contributed by atoms with Gasteiger partial charge in [-0.2, -0.15) is 0 Å². The third-order valence-electron chi connectivity index (χ3n) is 4.05. The van der Waals surface area contributed by atoms with E-state index in [2.05, 4.69) is 44.8 Å². The van der Waals surface area contributed by atoms with E-state index < -0.39 is 0 Å². The highest BCUT2D eigenvalue weighted by atomic mass is 15.2. The van der Waals surface area contributed by atoms with Crippen LogP contribution >= 0.6 is 0 Å². The van der Waals surface area contributed by atoms with Gasteiger partial charge in [0.15, 0.2) is 0 Å². The molecule has 1 heterocycles. The third kappa shape index (κ3) is 5.87. The summed E-state index contributed by atoms with van der Waals surface area (Å²) < 4.78 is 0. The van der Waals surface area contributed by atoms with Crippen LogP contribution in [0.1, 0.15) is 60.3 Å². The van der Waals surface area contributed by atoms with Crippen molar-refractivity contribution in [3.8, 4) is 0 Å². The smallest absolute Gasteiger partial charge is 0.00670 e. The van der Waals surface area contributed by atoms with Crippen molar-refractivity contribution >= 4 is 0 Å². The quantitative estimate of drug-likeness (QED) is 0.811. The molecule has 2 nitrogen and oxygen atoms in total. The van der Waals surface area contributed by atoms with E-state index in [1.54, 1.807) is 0 Å². The van der Waals surface area contributed by atoms with Crippen molar-refractivity contribution < 1.29 is 0 Å². The van der Waals surface area contributed by atoms with Crippen LogP contribution in [0.2, 0.25) is 0 Å². The maximum absolute atomic E-state index is 3.66. The Bertz CT molecular complexity index is 191. The highest BCUT2D eigenvalue weighted by Gasteiger charge is 2.19. The van der Waals surface area contributed by atoms with Gasteiger partial charge in [-0.15, -0.1) is 0 Å². The lowest BCUT2D eigenvalue weighted by Gasteiger charge is -2.35. The van der Waals surface area contributed by atoms with Crippen LogP contribution in [-0.2, 0) is 0 Å². The minimum Gasteiger partial charge on any atom is -0.312 e. The zero-order valence-electron chi connectivity index (χ0n) is 12.5. The van der Waals surface area contributed by atoms with Gasteiger partial charge in [0.25, 0.3) is 0 Å². The molecule has 1 aliphatic heterocycles. The van der Waals surface area contributed by atoms with E-state index in [9.17, 15) is 0 Å². The van der Waals surface area contributed by atoms with Crippen molar-refractivity contribution in [2.45, 2.75) is 78.4 Å². The third-order valence-corrected chi connectivity index (χ3v) is 4.05. The van der Waals surface area contributed by atoms with Gasteiger partial charge in [-0.1, -0.05) is 13.8 Å². The molecule has 0 aromatic heterocycles. The normalized spacial score (nSPS) is 30.0. The molecule has 1 N–H and O–H groups in total. The maximum atomic E-state index is 3.66. The summed E-state index contributed by atoms with van der Waals surface area (Å²) in [6, 6.07) is 2.10. The molecule has 1 aliphatic rings. The van der Waals surface area contributed by atoms with Gasteiger partial charge >= 0.3 is 0 Å². The Morgan fingerprint density at radius 3 is 2.00 bits per heavy atom. The highest BCUT2D eigenvalue weighted by molar-refractivity contribution is 4.78. The molecule has 0 aliphatic carbocycles. The first-order valence-electron chi connectivity index (χ1n) is 7.49. The number of nitrogens with zero attached hydrogens (tertiary/aromatic N) is 1. The summed E-state index contributed by atoms with van der Waals surface area (Å²) in [7, 11) is 0. The molecule has 0 amide bonds. The van der Waals surface area contributed by atoms with Crippen LogP contribution in [0.4, 0.5) is 0 Å². The van der Waals surface area contributed by atoms with Gasteiger partial charge in [0.1, 0.15) is 0 Å². The van der Waals surface area contributed by atoms with Gasteiger partial charge in [-0.25, -0.2) is 0 Å². The lowest BCUT2D eigenvalue weighted by molar-refractivity contribution is 0.160. The number of hydrogen-bond acceptors (Lipinski definition) is 2. The Hall–Kier alpha value is -0.0800. The molecular weight excluding hydrogens is 208 g/mol. The van der Waals surface area contributed by atoms with Crippen molar-refractivity contribution in [1.29, 1.82) is 0 Å². The minimum atomic E-state index is 0.671. The van der Waals surface area contributed by atoms with Crippen molar-refractivity contribution in [3.05, 3.63) is 0 Å². The molecule has 0 bridgehead atoms. The van der Waals surface area contributed by atoms with Gasteiger partial charge < -0.3 is 10.2 Å². The van der Waals surface area contributed by atoms with Gasteiger partial charge in [0.2, 0.25) is 0 Å². The van der Waals surface area contributed by atoms with Crippen LogP contribution in [0.15, 0.2) is 0 Å². The number of nitrogens with one attached hydrogen (secondary N) is 1. The molecule has 0 saturated carbocycles. The van der Waals surface area contributed by atoms with Crippen LogP contribution in [0.3, 0.4) is 0 Å². The van der Waals surface area contributed by atoms with Gasteiger partial charge in [-0.05, 0) is 65.5 Å². The topological polar surface area (TPSA) is 15.3 Å². The predicted molar refractivity (Wildman–Crippen MR) is 76.4 cm³/mol. The summed E-state index contributed by atoms with van der Waals surface area (Å²) >= 11 is 0. The van der Waals surface area contributed by atoms with Gasteiger partial charge in [0, 0.05) is 18.1 Å². The van der Waals surface area contributed by atoms with E-state index in [-0.39, 0.29) is 0 Å². The van der Waals surface area contributed by atoms with Crippen LogP contribution in [-0.4, -0.2) is 36.1 Å². The van der Waals surface area contributed by atoms with E-state index in [0.717, 1.165) is 12.0 Å². The number of rotatable bonds is 4. The lowest BCUT2D eigenvalue weighted by atomic mass is 10.0. The summed E-state index contributed by atoms with van der Waals surface area (Å²) in [4.78, 5) is 2.70. The monoisotopic (exact) mass is 240 g/mol. The molecule has 17 heavy (non-hydrogen) atoms. The van der Waals surface area contributed by atoms with Crippen molar-refractivity contribution in [3.63, 3.8) is 0 Å². The second kappa shape index (κ2) is 7.38. The summed E-state index contributed by atoms with van der Waals surface area (Å²) in [5.74, 6) is 0.840. The molecule has 3 atom stereocenters. The Kier molecular flexibility index (Phi) is 6.50. The van der Waals surface area contributed by atoms with Crippen LogP contribution in [0.25, 0.3) is 0 Å². The lowest BCUT2D eigenvalue weighted by Crippen LogP contribution is -2.45. The first-order valence-corrected chi connectivity index (χ1v) is 7.49. The SMILES string of the molecule is CC(C)CCC(C)N1CCC(C)NC(C)CC1. The Morgan fingerprint density at radius 2 is 1.53 bits per heavy atom. The fourth-order valence-corrected chi connectivity index (χ4v) is 2.68. The first kappa shape index (κ1) is 15.0. The van der Waals surface area contributed by atoms with Crippen LogP contribution in [0.5, 0.6) is 0 Å². The molecule has 0 aromatic carbocycles. The van der Waals surface area contributed by atoms with E-state index in [1.807, 2.05) is 0 Å². The molecular formula is C15H32N2. The minimum absolute atomic E-state index is 0.671. The van der Waals surface area contributed by atoms with E-state index in [0.29, 0.717) is 12.1 Å². The van der Waals surface area contributed by atoms with Crippen molar-refractivity contribution in [2.24, 2.45) is 5.92 Å². The molecule has 3 unspecified atom stereocenters. The Labute approximate surface area is 108 Å². The molecule has 0 radical (unpaired) electrons. The van der Waals surface area contributed by atoms with E-state index in [4.69, 9.17) is 0 Å². The summed E-state index contributed by atoms with van der Waals surface area (Å²) in [6.45, 7) is 14.2. The Morgan fingerprint density at radius 1 is 1.00 bits per heavy atom. The second-order valence-electron chi connectivity index (χ2n) is 6.40. The molecule has 1 fully saturated rings. The largest absolute Gasteiger partial charge is 0.312 e. The fraction of sp³-hybridized carbons (Fsp3) is 1.00. The molecule has 102 valence electrons. The fourth-order valence-electron chi connectivity index (χ4n) is 2.68. The zero-order valence-corrected chi connectivity index (χ0v) is 12.5. The average molecular weight is 240 g/mol. The highest BCUT2D eigenvalue weighted by Crippen LogP contribution is 2.15. The molecule has 1 rings (SSSR count). The second-order valence-corrected chi connectivity index (χ2v) is 6.40. The van der Waals surface area contributed by atoms with Crippen molar-refractivity contribution in [1.82, 2.24) is 10.2 Å². The van der Waals surface area contributed by atoms with E-state index in [1.165, 1.54) is 38.8 Å². The zero-order chi connectivity index (χ0) is 12.8. The van der Waals surface area contributed by atoms with Crippen molar-refractivity contribution in [2.75, 3.05) is 13.1 Å². The van der Waals surface area contributed by atoms with E-state index >= 15 is 0 Å².